The molecule has 0 bridgehead atoms. The minimum atomic E-state index is -1.28. The Bertz CT molecular complexity index is 480. The zero-order valence-corrected chi connectivity index (χ0v) is 13.3. The summed E-state index contributed by atoms with van der Waals surface area (Å²) >= 11 is 1.96. The van der Waals surface area contributed by atoms with Crippen molar-refractivity contribution in [3.8, 4) is 11.1 Å². The standard InChI is InChI=1S/C15H21NSSi/c1-4-18(5-2,6-3)15-14(9-11-17-15)13-8-7-10-16-12-13/h7-12H,4-6H2,1-3H3. The predicted molar refractivity (Wildman–Crippen MR) is 84.4 cm³/mol. The lowest BCUT2D eigenvalue weighted by Crippen LogP contribution is -2.44. The molecule has 0 aliphatic carbocycles. The molecule has 0 fully saturated rings. The zero-order chi connectivity index (χ0) is 13.0. The van der Waals surface area contributed by atoms with Crippen molar-refractivity contribution in [2.75, 3.05) is 0 Å². The second kappa shape index (κ2) is 5.80. The van der Waals surface area contributed by atoms with E-state index in [0.29, 0.717) is 0 Å². The number of pyridine rings is 1. The molecule has 2 aromatic heterocycles. The van der Waals surface area contributed by atoms with Gasteiger partial charge in [0, 0.05) is 18.0 Å². The maximum Gasteiger partial charge on any atom is 0.0995 e. The lowest BCUT2D eigenvalue weighted by atomic mass is 10.2. The highest BCUT2D eigenvalue weighted by molar-refractivity contribution is 7.26. The molecule has 0 amide bonds. The van der Waals surface area contributed by atoms with E-state index in [-0.39, 0.29) is 0 Å². The van der Waals surface area contributed by atoms with Crippen LogP contribution in [0.1, 0.15) is 20.8 Å². The van der Waals surface area contributed by atoms with E-state index in [1.54, 1.807) is 4.50 Å². The van der Waals surface area contributed by atoms with Crippen molar-refractivity contribution in [1.29, 1.82) is 0 Å². The third-order valence-electron chi connectivity index (χ3n) is 4.15. The van der Waals surface area contributed by atoms with Crippen LogP contribution in [0.25, 0.3) is 11.1 Å². The summed E-state index contributed by atoms with van der Waals surface area (Å²) in [7, 11) is -1.28. The predicted octanol–water partition coefficient (Wildman–Crippen LogP) is 4.53. The average molecular weight is 275 g/mol. The Labute approximate surface area is 115 Å². The van der Waals surface area contributed by atoms with Crippen molar-refractivity contribution in [3.63, 3.8) is 0 Å². The van der Waals surface area contributed by atoms with Gasteiger partial charge in [-0.2, -0.15) is 11.3 Å². The maximum atomic E-state index is 4.26. The van der Waals surface area contributed by atoms with Gasteiger partial charge in [0.15, 0.2) is 0 Å². The maximum absolute atomic E-state index is 4.26. The normalized spacial score (nSPS) is 11.7. The Morgan fingerprint density at radius 1 is 1.11 bits per heavy atom. The summed E-state index contributed by atoms with van der Waals surface area (Å²) in [6.45, 7) is 7.10. The SMILES string of the molecule is CC[Si](CC)(CC)c1sccc1-c1cccnc1. The van der Waals surface area contributed by atoms with Gasteiger partial charge >= 0.3 is 0 Å². The smallest absolute Gasteiger partial charge is 0.0995 e. The highest BCUT2D eigenvalue weighted by atomic mass is 32.1. The van der Waals surface area contributed by atoms with Gasteiger partial charge in [0.25, 0.3) is 0 Å². The van der Waals surface area contributed by atoms with E-state index in [9.17, 15) is 0 Å². The van der Waals surface area contributed by atoms with E-state index < -0.39 is 8.07 Å². The summed E-state index contributed by atoms with van der Waals surface area (Å²) in [5, 5.41) is 2.25. The fourth-order valence-corrected chi connectivity index (χ4v) is 9.12. The van der Waals surface area contributed by atoms with Crippen molar-refractivity contribution in [1.82, 2.24) is 4.98 Å². The van der Waals surface area contributed by atoms with Crippen molar-refractivity contribution in [2.45, 2.75) is 38.9 Å². The Balaban J connectivity index is 2.51. The van der Waals surface area contributed by atoms with Crippen LogP contribution in [0.5, 0.6) is 0 Å². The first-order valence-corrected chi connectivity index (χ1v) is 10.3. The second-order valence-electron chi connectivity index (χ2n) is 4.75. The summed E-state index contributed by atoms with van der Waals surface area (Å²) in [4.78, 5) is 4.26. The molecule has 0 unspecified atom stereocenters. The van der Waals surface area contributed by atoms with E-state index in [2.05, 4.69) is 43.3 Å². The fraction of sp³-hybridized carbons (Fsp3) is 0.400. The Morgan fingerprint density at radius 3 is 2.39 bits per heavy atom. The van der Waals surface area contributed by atoms with Gasteiger partial charge in [-0.3, -0.25) is 4.98 Å². The van der Waals surface area contributed by atoms with Gasteiger partial charge < -0.3 is 0 Å². The molecule has 2 heterocycles. The van der Waals surface area contributed by atoms with Gasteiger partial charge in [-0.05, 0) is 27.6 Å². The van der Waals surface area contributed by atoms with E-state index in [1.165, 1.54) is 29.3 Å². The number of nitrogens with zero attached hydrogens (tertiary/aromatic N) is 1. The molecule has 3 heteroatoms. The highest BCUT2D eigenvalue weighted by Crippen LogP contribution is 2.29. The van der Waals surface area contributed by atoms with Crippen molar-refractivity contribution < 1.29 is 0 Å². The molecule has 0 saturated carbocycles. The second-order valence-corrected chi connectivity index (χ2v) is 11.2. The van der Waals surface area contributed by atoms with Crippen LogP contribution in [0.2, 0.25) is 18.1 Å². The molecule has 0 saturated heterocycles. The summed E-state index contributed by atoms with van der Waals surface area (Å²) in [5.41, 5.74) is 2.71. The van der Waals surface area contributed by atoms with Gasteiger partial charge in [-0.25, -0.2) is 0 Å². The minimum absolute atomic E-state index is 1.28. The molecule has 1 nitrogen and oxygen atoms in total. The summed E-state index contributed by atoms with van der Waals surface area (Å²) < 4.78 is 1.67. The van der Waals surface area contributed by atoms with E-state index in [4.69, 9.17) is 0 Å². The van der Waals surface area contributed by atoms with Crippen molar-refractivity contribution in [3.05, 3.63) is 36.0 Å². The molecule has 96 valence electrons. The molecule has 0 N–H and O–H groups in total. The topological polar surface area (TPSA) is 12.9 Å². The largest absolute Gasteiger partial charge is 0.264 e. The average Bonchev–Trinajstić information content (AvgIpc) is 2.93. The number of thiophene rings is 1. The lowest BCUT2D eigenvalue weighted by molar-refractivity contribution is 1.20. The number of hydrogen-bond acceptors (Lipinski definition) is 2. The van der Waals surface area contributed by atoms with Crippen LogP contribution in [0.4, 0.5) is 0 Å². The molecule has 0 radical (unpaired) electrons. The Morgan fingerprint density at radius 2 is 1.83 bits per heavy atom. The fourth-order valence-electron chi connectivity index (χ4n) is 2.70. The molecule has 2 rings (SSSR count). The number of rotatable bonds is 5. The molecule has 18 heavy (non-hydrogen) atoms. The molecule has 0 aromatic carbocycles. The van der Waals surface area contributed by atoms with Crippen molar-refractivity contribution >= 4 is 23.9 Å². The lowest BCUT2D eigenvalue weighted by Gasteiger charge is -2.28. The molecule has 0 aliphatic rings. The molecule has 0 aliphatic heterocycles. The first kappa shape index (κ1) is 13.5. The van der Waals surface area contributed by atoms with Gasteiger partial charge in [0.2, 0.25) is 0 Å². The monoisotopic (exact) mass is 275 g/mol. The summed E-state index contributed by atoms with van der Waals surface area (Å²) in [6, 6.07) is 10.5. The Kier molecular flexibility index (Phi) is 4.35. The summed E-state index contributed by atoms with van der Waals surface area (Å²) in [5.74, 6) is 0. The summed E-state index contributed by atoms with van der Waals surface area (Å²) in [6.07, 6.45) is 3.84. The molecule has 0 atom stereocenters. The van der Waals surface area contributed by atoms with Crippen LogP contribution in [-0.4, -0.2) is 13.1 Å². The van der Waals surface area contributed by atoms with E-state index in [1.807, 2.05) is 29.8 Å². The molecule has 2 aromatic rings. The van der Waals surface area contributed by atoms with Crippen molar-refractivity contribution in [2.24, 2.45) is 0 Å². The number of aromatic nitrogens is 1. The van der Waals surface area contributed by atoms with Gasteiger partial charge in [-0.1, -0.05) is 45.0 Å². The first-order valence-electron chi connectivity index (χ1n) is 6.75. The zero-order valence-electron chi connectivity index (χ0n) is 11.4. The Hall–Kier alpha value is -0.933. The van der Waals surface area contributed by atoms with Gasteiger partial charge in [0.1, 0.15) is 0 Å². The minimum Gasteiger partial charge on any atom is -0.264 e. The molecule has 0 spiro atoms. The van der Waals surface area contributed by atoms with Crippen LogP contribution < -0.4 is 4.50 Å². The first-order chi connectivity index (χ1) is 8.77. The highest BCUT2D eigenvalue weighted by Gasteiger charge is 2.32. The van der Waals surface area contributed by atoms with Gasteiger partial charge in [0.05, 0.1) is 8.07 Å². The quantitative estimate of drug-likeness (QED) is 0.731. The third kappa shape index (κ3) is 2.29. The van der Waals surface area contributed by atoms with Crippen LogP contribution >= 0.6 is 11.3 Å². The van der Waals surface area contributed by atoms with Gasteiger partial charge in [-0.15, -0.1) is 0 Å². The third-order valence-corrected chi connectivity index (χ3v) is 11.8. The molecular formula is C15H21NSSi. The van der Waals surface area contributed by atoms with E-state index >= 15 is 0 Å². The number of hydrogen-bond donors (Lipinski definition) is 0. The van der Waals surface area contributed by atoms with Crippen LogP contribution in [0.15, 0.2) is 36.0 Å². The van der Waals surface area contributed by atoms with Crippen LogP contribution in [0, 0.1) is 0 Å². The van der Waals surface area contributed by atoms with Crippen LogP contribution in [0.3, 0.4) is 0 Å². The van der Waals surface area contributed by atoms with Crippen LogP contribution in [-0.2, 0) is 0 Å². The molecular weight excluding hydrogens is 254 g/mol. The van der Waals surface area contributed by atoms with E-state index in [0.717, 1.165) is 0 Å².